The lowest BCUT2D eigenvalue weighted by Crippen LogP contribution is -2.23. The van der Waals surface area contributed by atoms with Crippen LogP contribution in [-0.2, 0) is 21.1 Å². The minimum absolute atomic E-state index is 0.0967. The second-order valence-corrected chi connectivity index (χ2v) is 9.80. The quantitative estimate of drug-likeness (QED) is 0.294. The molecule has 8 heteroatoms. The first-order chi connectivity index (χ1) is 15.8. The van der Waals surface area contributed by atoms with Crippen LogP contribution in [0.25, 0.3) is 6.08 Å². The van der Waals surface area contributed by atoms with Gasteiger partial charge in [0.05, 0.1) is 15.9 Å². The highest BCUT2D eigenvalue weighted by atomic mass is 35.5. The molecule has 0 aromatic heterocycles. The molecule has 0 saturated carbocycles. The van der Waals surface area contributed by atoms with Gasteiger partial charge in [0, 0.05) is 17.6 Å². The fourth-order valence-electron chi connectivity index (χ4n) is 3.23. The van der Waals surface area contributed by atoms with Gasteiger partial charge < -0.3 is 15.5 Å². The second kappa shape index (κ2) is 11.2. The van der Waals surface area contributed by atoms with E-state index in [0.29, 0.717) is 30.1 Å². The van der Waals surface area contributed by atoms with Crippen molar-refractivity contribution in [1.29, 1.82) is 0 Å². The molecule has 0 radical (unpaired) electrons. The van der Waals surface area contributed by atoms with E-state index in [1.807, 2.05) is 6.07 Å². The Kier molecular flexibility index (Phi) is 8.41. The third-order valence-corrected chi connectivity index (χ3v) is 6.98. The maximum absolute atomic E-state index is 12.9. The van der Waals surface area contributed by atoms with Crippen molar-refractivity contribution in [1.82, 2.24) is 5.32 Å². The maximum Gasteiger partial charge on any atom is 0.328 e. The van der Waals surface area contributed by atoms with Crippen LogP contribution < -0.4 is 5.32 Å². The first-order valence-electron chi connectivity index (χ1n) is 10.2. The smallest absolute Gasteiger partial charge is 0.328 e. The van der Waals surface area contributed by atoms with Gasteiger partial charge in [-0.1, -0.05) is 48.0 Å². The number of sulfone groups is 1. The summed E-state index contributed by atoms with van der Waals surface area (Å²) in [6, 6.07) is 19.9. The number of hydrogen-bond donors (Lipinski definition) is 3. The first kappa shape index (κ1) is 24.7. The number of benzene rings is 3. The van der Waals surface area contributed by atoms with E-state index < -0.39 is 21.9 Å². The second-order valence-electron chi connectivity index (χ2n) is 7.42. The zero-order chi connectivity index (χ0) is 23.8. The molecule has 172 valence electrons. The van der Waals surface area contributed by atoms with Crippen LogP contribution >= 0.6 is 11.6 Å². The molecule has 6 nitrogen and oxygen atoms in total. The van der Waals surface area contributed by atoms with Crippen molar-refractivity contribution in [3.8, 4) is 0 Å². The van der Waals surface area contributed by atoms with E-state index in [2.05, 4.69) is 5.32 Å². The number of carboxylic acids is 1. The predicted octanol–water partition coefficient (Wildman–Crippen LogP) is 4.14. The van der Waals surface area contributed by atoms with E-state index in [1.54, 1.807) is 54.6 Å². The molecule has 0 aliphatic carbocycles. The van der Waals surface area contributed by atoms with Gasteiger partial charge in [-0.25, -0.2) is 13.2 Å². The predicted molar refractivity (Wildman–Crippen MR) is 128 cm³/mol. The number of rotatable bonds is 10. The molecule has 0 saturated heterocycles. The Balaban J connectivity index is 1.58. The van der Waals surface area contributed by atoms with Crippen LogP contribution in [0.5, 0.6) is 0 Å². The molecule has 0 aliphatic heterocycles. The number of aliphatic hydroxyl groups excluding tert-OH is 1. The summed E-state index contributed by atoms with van der Waals surface area (Å²) in [6.07, 6.45) is 2.30. The highest BCUT2D eigenvalue weighted by molar-refractivity contribution is 7.91. The van der Waals surface area contributed by atoms with E-state index in [9.17, 15) is 18.3 Å². The van der Waals surface area contributed by atoms with E-state index in [1.165, 1.54) is 18.2 Å². The number of halogens is 1. The summed E-state index contributed by atoms with van der Waals surface area (Å²) in [5.74, 6) is -1.10. The Morgan fingerprint density at radius 2 is 1.73 bits per heavy atom. The van der Waals surface area contributed by atoms with Gasteiger partial charge in [-0.3, -0.25) is 0 Å². The van der Waals surface area contributed by atoms with Crippen molar-refractivity contribution in [2.24, 2.45) is 0 Å². The molecule has 0 amide bonds. The fourth-order valence-corrected chi connectivity index (χ4v) is 4.74. The van der Waals surface area contributed by atoms with Crippen molar-refractivity contribution in [2.45, 2.75) is 22.3 Å². The van der Waals surface area contributed by atoms with Gasteiger partial charge in [0.15, 0.2) is 0 Å². The van der Waals surface area contributed by atoms with E-state index >= 15 is 0 Å². The van der Waals surface area contributed by atoms with Gasteiger partial charge in [-0.2, -0.15) is 0 Å². The lowest BCUT2D eigenvalue weighted by atomic mass is 10.1. The molecule has 1 atom stereocenters. The van der Waals surface area contributed by atoms with E-state index in [-0.39, 0.29) is 9.79 Å². The molecule has 3 N–H and O–H groups in total. The molecule has 0 spiro atoms. The summed E-state index contributed by atoms with van der Waals surface area (Å²) < 4.78 is 25.9. The van der Waals surface area contributed by atoms with Crippen molar-refractivity contribution < 1.29 is 23.4 Å². The zero-order valence-electron chi connectivity index (χ0n) is 17.7. The number of carbonyl (C=O) groups is 1. The molecule has 0 bridgehead atoms. The Labute approximate surface area is 198 Å². The SMILES string of the molecule is O=C(O)/C=C/c1cccc(S(=O)(=O)c2ccc(CCNC[C@@H](O)c3cccc(Cl)c3)cc2)c1. The van der Waals surface area contributed by atoms with Crippen LogP contribution in [0, 0.1) is 0 Å². The standard InChI is InChI=1S/C25H24ClNO5S/c26-21-5-2-4-20(16-21)24(28)17-27-14-13-18-7-10-22(11-8-18)33(31,32)23-6-1-3-19(15-23)9-12-25(29)30/h1-12,15-16,24,27-28H,13-14,17H2,(H,29,30)/b12-9+/t24-/m1/s1. The minimum atomic E-state index is -3.73. The largest absolute Gasteiger partial charge is 0.478 e. The Morgan fingerprint density at radius 3 is 2.42 bits per heavy atom. The summed E-state index contributed by atoms with van der Waals surface area (Å²) >= 11 is 5.95. The normalized spacial score (nSPS) is 12.7. The lowest BCUT2D eigenvalue weighted by Gasteiger charge is -2.13. The maximum atomic E-state index is 12.9. The number of aliphatic carboxylic acids is 1. The van der Waals surface area contributed by atoms with Crippen LogP contribution in [0.1, 0.15) is 22.8 Å². The van der Waals surface area contributed by atoms with E-state index in [0.717, 1.165) is 17.2 Å². The summed E-state index contributed by atoms with van der Waals surface area (Å²) in [6.45, 7) is 0.987. The molecule has 0 unspecified atom stereocenters. The fraction of sp³-hybridized carbons (Fsp3) is 0.160. The minimum Gasteiger partial charge on any atom is -0.478 e. The molecule has 0 fully saturated rings. The number of hydrogen-bond acceptors (Lipinski definition) is 5. The van der Waals surface area contributed by atoms with Crippen LogP contribution in [0.2, 0.25) is 5.02 Å². The van der Waals surface area contributed by atoms with Gasteiger partial charge in [0.1, 0.15) is 0 Å². The monoisotopic (exact) mass is 485 g/mol. The Bertz CT molecular complexity index is 1240. The number of nitrogens with one attached hydrogen (secondary N) is 1. The molecule has 3 aromatic rings. The Hall–Kier alpha value is -2.97. The molecular formula is C25H24ClNO5S. The van der Waals surface area contributed by atoms with Crippen molar-refractivity contribution in [3.63, 3.8) is 0 Å². The summed E-state index contributed by atoms with van der Waals surface area (Å²) in [7, 11) is -3.73. The summed E-state index contributed by atoms with van der Waals surface area (Å²) in [5.41, 5.74) is 2.19. The number of aliphatic hydroxyl groups is 1. The Morgan fingerprint density at radius 1 is 1.00 bits per heavy atom. The third-order valence-electron chi connectivity index (χ3n) is 4.98. The first-order valence-corrected chi connectivity index (χ1v) is 12.1. The average molecular weight is 486 g/mol. The molecule has 3 rings (SSSR count). The van der Waals surface area contributed by atoms with Gasteiger partial charge in [0.25, 0.3) is 0 Å². The topological polar surface area (TPSA) is 104 Å². The van der Waals surface area contributed by atoms with Gasteiger partial charge in [0.2, 0.25) is 9.84 Å². The van der Waals surface area contributed by atoms with Crippen molar-refractivity contribution in [2.75, 3.05) is 13.1 Å². The van der Waals surface area contributed by atoms with Crippen LogP contribution in [0.4, 0.5) is 0 Å². The van der Waals surface area contributed by atoms with Gasteiger partial charge in [-0.15, -0.1) is 0 Å². The molecule has 0 heterocycles. The van der Waals surface area contributed by atoms with Crippen LogP contribution in [0.15, 0.2) is 88.7 Å². The van der Waals surface area contributed by atoms with Crippen molar-refractivity contribution in [3.05, 3.63) is 101 Å². The molecule has 33 heavy (non-hydrogen) atoms. The average Bonchev–Trinajstić information content (AvgIpc) is 2.81. The lowest BCUT2D eigenvalue weighted by molar-refractivity contribution is -0.131. The third kappa shape index (κ3) is 7.00. The highest BCUT2D eigenvalue weighted by Gasteiger charge is 2.17. The molecular weight excluding hydrogens is 462 g/mol. The molecule has 0 aliphatic rings. The van der Waals surface area contributed by atoms with Crippen LogP contribution in [0.3, 0.4) is 0 Å². The summed E-state index contributed by atoms with van der Waals surface area (Å²) in [5, 5.41) is 22.7. The molecule has 3 aromatic carbocycles. The van der Waals surface area contributed by atoms with Crippen molar-refractivity contribution >= 4 is 33.5 Å². The van der Waals surface area contributed by atoms with Crippen LogP contribution in [-0.4, -0.2) is 37.7 Å². The van der Waals surface area contributed by atoms with Gasteiger partial charge in [-0.05, 0) is 72.1 Å². The zero-order valence-corrected chi connectivity index (χ0v) is 19.3. The highest BCUT2D eigenvalue weighted by Crippen LogP contribution is 2.23. The van der Waals surface area contributed by atoms with E-state index in [4.69, 9.17) is 16.7 Å². The number of carboxylic acid groups (broad SMARTS) is 1. The van der Waals surface area contributed by atoms with Gasteiger partial charge >= 0.3 is 5.97 Å². The summed E-state index contributed by atoms with van der Waals surface area (Å²) in [4.78, 5) is 10.9.